The molecule has 4 rings (SSSR count). The van der Waals surface area contributed by atoms with Gasteiger partial charge in [0.1, 0.15) is 12.4 Å². The quantitative estimate of drug-likeness (QED) is 0.623. The number of hydrogen-bond donors (Lipinski definition) is 2. The van der Waals surface area contributed by atoms with E-state index < -0.39 is 12.1 Å². The largest absolute Gasteiger partial charge is 0.488 e. The molecule has 2 aromatic carbocycles. The van der Waals surface area contributed by atoms with E-state index in [0.717, 1.165) is 42.4 Å². The molecule has 0 spiro atoms. The van der Waals surface area contributed by atoms with Crippen LogP contribution < -0.4 is 10.3 Å². The van der Waals surface area contributed by atoms with Crippen LogP contribution in [0, 0.1) is 0 Å². The molecule has 0 unspecified atom stereocenters. The number of hydrogen-bond acceptors (Lipinski definition) is 4. The summed E-state index contributed by atoms with van der Waals surface area (Å²) in [5, 5.41) is 19.3. The van der Waals surface area contributed by atoms with Gasteiger partial charge in [-0.1, -0.05) is 43.2 Å². The summed E-state index contributed by atoms with van der Waals surface area (Å²) in [6, 6.07) is 17.3. The van der Waals surface area contributed by atoms with Gasteiger partial charge in [0.15, 0.2) is 0 Å². The van der Waals surface area contributed by atoms with Crippen LogP contribution in [-0.2, 0) is 6.61 Å². The molecule has 3 aromatic rings. The highest BCUT2D eigenvalue weighted by molar-refractivity contribution is 5.87. The number of aliphatic hydroxyl groups excluding tert-OH is 1. The lowest BCUT2D eigenvalue weighted by molar-refractivity contribution is 0.0696. The van der Waals surface area contributed by atoms with Gasteiger partial charge in [-0.3, -0.25) is 4.79 Å². The molecule has 1 aromatic heterocycles. The van der Waals surface area contributed by atoms with E-state index in [-0.39, 0.29) is 23.8 Å². The second-order valence-corrected chi connectivity index (χ2v) is 7.87. The van der Waals surface area contributed by atoms with E-state index in [4.69, 9.17) is 9.84 Å². The molecule has 1 aliphatic carbocycles. The average molecular weight is 419 g/mol. The van der Waals surface area contributed by atoms with Crippen molar-refractivity contribution in [1.29, 1.82) is 0 Å². The predicted molar refractivity (Wildman–Crippen MR) is 117 cm³/mol. The highest BCUT2D eigenvalue weighted by Crippen LogP contribution is 2.31. The maximum atomic E-state index is 12.8. The van der Waals surface area contributed by atoms with Crippen LogP contribution in [0.3, 0.4) is 0 Å². The fraction of sp³-hybridized carbons (Fsp3) is 0.280. The summed E-state index contributed by atoms with van der Waals surface area (Å²) in [6.45, 7) is 0.280. The van der Waals surface area contributed by atoms with E-state index in [1.54, 1.807) is 41.1 Å². The molecule has 2 N–H and O–H groups in total. The zero-order chi connectivity index (χ0) is 21.8. The first-order valence-corrected chi connectivity index (χ1v) is 10.5. The number of carboxylic acids is 1. The molecule has 2 atom stereocenters. The Bertz CT molecular complexity index is 1120. The van der Waals surface area contributed by atoms with Crippen molar-refractivity contribution >= 4 is 5.97 Å². The zero-order valence-corrected chi connectivity index (χ0v) is 17.1. The summed E-state index contributed by atoms with van der Waals surface area (Å²) in [7, 11) is 0. The number of ether oxygens (including phenoxy) is 1. The van der Waals surface area contributed by atoms with Gasteiger partial charge in [-0.2, -0.15) is 0 Å². The molecular formula is C25H25NO5. The topological polar surface area (TPSA) is 88.8 Å². The number of nitrogens with zero attached hydrogens (tertiary/aromatic N) is 1. The van der Waals surface area contributed by atoms with Gasteiger partial charge in [-0.15, -0.1) is 0 Å². The Hall–Kier alpha value is -3.38. The van der Waals surface area contributed by atoms with Crippen LogP contribution in [0.1, 0.15) is 47.6 Å². The van der Waals surface area contributed by atoms with Gasteiger partial charge in [-0.25, -0.2) is 4.79 Å². The first kappa shape index (κ1) is 20.9. The summed E-state index contributed by atoms with van der Waals surface area (Å²) in [5.41, 5.74) is 2.50. The molecule has 160 valence electrons. The minimum absolute atomic E-state index is 0.137. The number of pyridine rings is 1. The van der Waals surface area contributed by atoms with Gasteiger partial charge < -0.3 is 19.5 Å². The Labute approximate surface area is 180 Å². The normalized spacial score (nSPS) is 18.5. The number of para-hydroxylation sites is 1. The number of aromatic carboxylic acids is 1. The van der Waals surface area contributed by atoms with Gasteiger partial charge in [-0.05, 0) is 48.2 Å². The van der Waals surface area contributed by atoms with Crippen LogP contribution in [-0.4, -0.2) is 26.9 Å². The van der Waals surface area contributed by atoms with Crippen LogP contribution >= 0.6 is 0 Å². The molecule has 1 aliphatic rings. The van der Waals surface area contributed by atoms with Crippen LogP contribution in [0.15, 0.2) is 71.7 Å². The van der Waals surface area contributed by atoms with Crippen molar-refractivity contribution in [1.82, 2.24) is 4.57 Å². The summed E-state index contributed by atoms with van der Waals surface area (Å²) in [6.07, 6.45) is 4.82. The molecule has 1 saturated carbocycles. The number of aliphatic hydroxyl groups is 1. The molecule has 1 fully saturated rings. The van der Waals surface area contributed by atoms with E-state index in [9.17, 15) is 14.7 Å². The second-order valence-electron chi connectivity index (χ2n) is 7.87. The molecule has 6 heteroatoms. The molecule has 31 heavy (non-hydrogen) atoms. The molecule has 0 amide bonds. The number of benzene rings is 2. The van der Waals surface area contributed by atoms with Crippen molar-refractivity contribution in [2.75, 3.05) is 0 Å². The van der Waals surface area contributed by atoms with E-state index >= 15 is 0 Å². The van der Waals surface area contributed by atoms with Gasteiger partial charge in [0.05, 0.1) is 17.7 Å². The first-order chi connectivity index (χ1) is 15.0. The third kappa shape index (κ3) is 4.70. The fourth-order valence-electron chi connectivity index (χ4n) is 4.08. The third-order valence-corrected chi connectivity index (χ3v) is 5.79. The maximum Gasteiger partial charge on any atom is 0.335 e. The minimum Gasteiger partial charge on any atom is -0.488 e. The molecule has 6 nitrogen and oxygen atoms in total. The summed E-state index contributed by atoms with van der Waals surface area (Å²) in [5.74, 6) is -0.326. The van der Waals surface area contributed by atoms with Gasteiger partial charge in [0.25, 0.3) is 5.56 Å². The van der Waals surface area contributed by atoms with E-state index in [0.29, 0.717) is 5.75 Å². The van der Waals surface area contributed by atoms with Gasteiger partial charge in [0.2, 0.25) is 0 Å². The fourth-order valence-corrected chi connectivity index (χ4v) is 4.08. The van der Waals surface area contributed by atoms with E-state index in [1.807, 2.05) is 30.3 Å². The first-order valence-electron chi connectivity index (χ1n) is 10.5. The SMILES string of the molecule is O=C(O)c1ccc(COc2ccccc2-c2ccn([C@H]3CCCC[C@@H]3O)c(=O)c2)cc1. The summed E-state index contributed by atoms with van der Waals surface area (Å²) < 4.78 is 7.62. The molecule has 1 heterocycles. The lowest BCUT2D eigenvalue weighted by atomic mass is 9.92. The van der Waals surface area contributed by atoms with Crippen molar-refractivity contribution in [3.8, 4) is 16.9 Å². The Morgan fingerprint density at radius 2 is 1.77 bits per heavy atom. The molecule has 0 saturated heterocycles. The van der Waals surface area contributed by atoms with Crippen LogP contribution in [0.25, 0.3) is 11.1 Å². The molecule has 0 radical (unpaired) electrons. The molecule has 0 bridgehead atoms. The van der Waals surface area contributed by atoms with Crippen LogP contribution in [0.4, 0.5) is 0 Å². The molecule has 0 aliphatic heterocycles. The van der Waals surface area contributed by atoms with Crippen molar-refractivity contribution in [3.63, 3.8) is 0 Å². The van der Waals surface area contributed by atoms with Crippen molar-refractivity contribution in [3.05, 3.63) is 88.3 Å². The second kappa shape index (κ2) is 9.18. The smallest absolute Gasteiger partial charge is 0.335 e. The maximum absolute atomic E-state index is 12.8. The van der Waals surface area contributed by atoms with Crippen LogP contribution in [0.2, 0.25) is 0 Å². The Morgan fingerprint density at radius 1 is 1.03 bits per heavy atom. The minimum atomic E-state index is -0.965. The Morgan fingerprint density at radius 3 is 2.48 bits per heavy atom. The van der Waals surface area contributed by atoms with E-state index in [2.05, 4.69) is 0 Å². The molecular weight excluding hydrogens is 394 g/mol. The van der Waals surface area contributed by atoms with Crippen molar-refractivity contribution in [2.45, 2.75) is 44.4 Å². The number of carbonyl (C=O) groups is 1. The average Bonchev–Trinajstić information content (AvgIpc) is 2.79. The Kier molecular flexibility index (Phi) is 6.18. The number of aromatic nitrogens is 1. The number of carboxylic acid groups (broad SMARTS) is 1. The number of rotatable bonds is 6. The van der Waals surface area contributed by atoms with Crippen molar-refractivity contribution in [2.24, 2.45) is 0 Å². The lowest BCUT2D eigenvalue weighted by Gasteiger charge is -2.29. The van der Waals surface area contributed by atoms with E-state index in [1.165, 1.54) is 0 Å². The Balaban J connectivity index is 1.54. The zero-order valence-electron chi connectivity index (χ0n) is 17.1. The third-order valence-electron chi connectivity index (χ3n) is 5.79. The van der Waals surface area contributed by atoms with Crippen LogP contribution in [0.5, 0.6) is 5.75 Å². The summed E-state index contributed by atoms with van der Waals surface area (Å²) >= 11 is 0. The standard InChI is InChI=1S/C25H25NO5/c27-22-7-3-2-6-21(22)26-14-13-19(15-24(26)28)20-5-1-4-8-23(20)31-16-17-9-11-18(12-10-17)25(29)30/h1,4-5,8-15,21-22,27H,2-3,6-7,16H2,(H,29,30)/t21-,22-/m0/s1. The highest BCUT2D eigenvalue weighted by atomic mass is 16.5. The predicted octanol–water partition coefficient (Wildman–Crippen LogP) is 4.27. The lowest BCUT2D eigenvalue weighted by Crippen LogP contribution is -2.34. The summed E-state index contributed by atoms with van der Waals surface area (Å²) in [4.78, 5) is 23.8. The highest BCUT2D eigenvalue weighted by Gasteiger charge is 2.25. The monoisotopic (exact) mass is 419 g/mol. The van der Waals surface area contributed by atoms with Gasteiger partial charge >= 0.3 is 5.97 Å². The van der Waals surface area contributed by atoms with Gasteiger partial charge in [0, 0.05) is 17.8 Å². The van der Waals surface area contributed by atoms with Crippen molar-refractivity contribution < 1.29 is 19.7 Å².